The Bertz CT molecular complexity index is 1010. The van der Waals surface area contributed by atoms with E-state index < -0.39 is 0 Å². The zero-order chi connectivity index (χ0) is 17.6. The Morgan fingerprint density at radius 1 is 1.16 bits per heavy atom. The Morgan fingerprint density at radius 2 is 1.96 bits per heavy atom. The fraction of sp³-hybridized carbons (Fsp3) is 0.300. The largest absolute Gasteiger partial charge is 0.494 e. The summed E-state index contributed by atoms with van der Waals surface area (Å²) in [5.41, 5.74) is 3.04. The number of ether oxygens (including phenoxy) is 1. The van der Waals surface area contributed by atoms with Crippen LogP contribution in [0.25, 0.3) is 10.9 Å². The van der Waals surface area contributed by atoms with Gasteiger partial charge in [0.2, 0.25) is 0 Å². The molecule has 0 saturated carbocycles. The summed E-state index contributed by atoms with van der Waals surface area (Å²) in [4.78, 5) is 19.9. The second kappa shape index (κ2) is 5.92. The molecule has 1 aliphatic rings. The molecule has 0 aliphatic carbocycles. The van der Waals surface area contributed by atoms with Crippen LogP contribution in [0.1, 0.15) is 23.7 Å². The lowest BCUT2D eigenvalue weighted by molar-refractivity contribution is 0.418. The summed E-state index contributed by atoms with van der Waals surface area (Å²) in [6.07, 6.45) is 0.881. The van der Waals surface area contributed by atoms with Crippen molar-refractivity contribution in [2.75, 3.05) is 26.1 Å². The maximum absolute atomic E-state index is 12.9. The summed E-state index contributed by atoms with van der Waals surface area (Å²) in [5.74, 6) is 1.58. The van der Waals surface area contributed by atoms with Crippen LogP contribution in [0.5, 0.6) is 5.75 Å². The molecule has 0 saturated heterocycles. The molecule has 0 spiro atoms. The van der Waals surface area contributed by atoms with E-state index in [0.29, 0.717) is 23.2 Å². The number of rotatable bonds is 3. The Balaban J connectivity index is 1.96. The highest BCUT2D eigenvalue weighted by Gasteiger charge is 2.30. The lowest BCUT2D eigenvalue weighted by atomic mass is 9.95. The zero-order valence-corrected chi connectivity index (χ0v) is 14.7. The number of hydrogen-bond donors (Lipinski definition) is 0. The van der Waals surface area contributed by atoms with Gasteiger partial charge in [0.15, 0.2) is 0 Å². The fourth-order valence-corrected chi connectivity index (χ4v) is 3.75. The second-order valence-electron chi connectivity index (χ2n) is 6.58. The molecule has 2 heterocycles. The standard InChI is InChI=1S/C20H21N3O2/c1-22(2)16-9-5-4-7-13(16)14-11-12-23-19(14)21-18-15(20(23)24)8-6-10-17(18)25-3/h4-10,14H,11-12H2,1-3H3/t14-/m1/s1. The molecule has 1 atom stereocenters. The van der Waals surface area contributed by atoms with Crippen molar-refractivity contribution in [3.8, 4) is 5.75 Å². The van der Waals surface area contributed by atoms with E-state index in [1.54, 1.807) is 7.11 Å². The number of para-hydroxylation sites is 2. The van der Waals surface area contributed by atoms with Gasteiger partial charge < -0.3 is 9.64 Å². The van der Waals surface area contributed by atoms with Crippen molar-refractivity contribution < 1.29 is 4.74 Å². The van der Waals surface area contributed by atoms with Crippen molar-refractivity contribution in [2.24, 2.45) is 0 Å². The number of hydrogen-bond acceptors (Lipinski definition) is 4. The molecule has 0 unspecified atom stereocenters. The summed E-state index contributed by atoms with van der Waals surface area (Å²) >= 11 is 0. The molecular weight excluding hydrogens is 314 g/mol. The maximum atomic E-state index is 12.9. The number of aromatic nitrogens is 2. The van der Waals surface area contributed by atoms with Gasteiger partial charge in [0.1, 0.15) is 17.1 Å². The SMILES string of the molecule is COc1cccc2c(=O)n3c(nc12)[C@@H](c1ccccc1N(C)C)CC3. The van der Waals surface area contributed by atoms with Crippen molar-refractivity contribution >= 4 is 16.6 Å². The second-order valence-corrected chi connectivity index (χ2v) is 6.58. The Morgan fingerprint density at radius 3 is 2.72 bits per heavy atom. The molecule has 0 radical (unpaired) electrons. The molecule has 0 N–H and O–H groups in total. The van der Waals surface area contributed by atoms with Crippen molar-refractivity contribution in [1.29, 1.82) is 0 Å². The molecule has 1 aromatic heterocycles. The molecule has 5 nitrogen and oxygen atoms in total. The molecule has 2 aromatic carbocycles. The molecule has 1 aliphatic heterocycles. The van der Waals surface area contributed by atoms with Crippen molar-refractivity contribution in [1.82, 2.24) is 9.55 Å². The Hall–Kier alpha value is -2.82. The van der Waals surface area contributed by atoms with Crippen LogP contribution >= 0.6 is 0 Å². The van der Waals surface area contributed by atoms with Crippen molar-refractivity contribution in [3.63, 3.8) is 0 Å². The average molecular weight is 335 g/mol. The van der Waals surface area contributed by atoms with Gasteiger partial charge >= 0.3 is 0 Å². The number of methoxy groups -OCH3 is 1. The highest BCUT2D eigenvalue weighted by atomic mass is 16.5. The minimum atomic E-state index is 0.0173. The monoisotopic (exact) mass is 335 g/mol. The van der Waals surface area contributed by atoms with Crippen LogP contribution in [0.2, 0.25) is 0 Å². The van der Waals surface area contributed by atoms with Crippen LogP contribution in [0, 0.1) is 0 Å². The zero-order valence-electron chi connectivity index (χ0n) is 14.7. The van der Waals surface area contributed by atoms with Crippen LogP contribution in [-0.2, 0) is 6.54 Å². The van der Waals surface area contributed by atoms with Crippen molar-refractivity contribution in [3.05, 3.63) is 64.2 Å². The molecule has 5 heteroatoms. The molecule has 3 aromatic rings. The summed E-state index contributed by atoms with van der Waals surface area (Å²) in [6.45, 7) is 0.695. The molecule has 0 amide bonds. The third kappa shape index (κ3) is 2.38. The van der Waals surface area contributed by atoms with Gasteiger partial charge in [-0.2, -0.15) is 0 Å². The Kier molecular flexibility index (Phi) is 3.71. The topological polar surface area (TPSA) is 47.4 Å². The van der Waals surface area contributed by atoms with E-state index in [1.807, 2.05) is 49.0 Å². The minimum absolute atomic E-state index is 0.0173. The van der Waals surface area contributed by atoms with Crippen LogP contribution < -0.4 is 15.2 Å². The van der Waals surface area contributed by atoms with Crippen LogP contribution in [0.3, 0.4) is 0 Å². The van der Waals surface area contributed by atoms with Crippen LogP contribution in [0.4, 0.5) is 5.69 Å². The van der Waals surface area contributed by atoms with E-state index in [1.165, 1.54) is 5.56 Å². The third-order valence-electron chi connectivity index (χ3n) is 4.94. The smallest absolute Gasteiger partial charge is 0.261 e. The van der Waals surface area contributed by atoms with E-state index in [0.717, 1.165) is 17.9 Å². The molecule has 0 fully saturated rings. The highest BCUT2D eigenvalue weighted by Crippen LogP contribution is 2.38. The average Bonchev–Trinajstić information content (AvgIpc) is 3.05. The highest BCUT2D eigenvalue weighted by molar-refractivity contribution is 5.84. The van der Waals surface area contributed by atoms with Gasteiger partial charge in [0, 0.05) is 32.2 Å². The first-order chi connectivity index (χ1) is 12.1. The number of anilines is 1. The molecular formula is C20H21N3O2. The lowest BCUT2D eigenvalue weighted by Gasteiger charge is -2.21. The fourth-order valence-electron chi connectivity index (χ4n) is 3.75. The van der Waals surface area contributed by atoms with Crippen molar-refractivity contribution in [2.45, 2.75) is 18.9 Å². The predicted octanol–water partition coefficient (Wildman–Crippen LogP) is 3.01. The summed E-state index contributed by atoms with van der Waals surface area (Å²) in [7, 11) is 5.69. The third-order valence-corrected chi connectivity index (χ3v) is 4.94. The molecule has 4 rings (SSSR count). The molecule has 128 valence electrons. The van der Waals surface area contributed by atoms with Gasteiger partial charge in [-0.05, 0) is 30.2 Å². The van der Waals surface area contributed by atoms with Gasteiger partial charge in [0.05, 0.1) is 12.5 Å². The van der Waals surface area contributed by atoms with Gasteiger partial charge in [-0.15, -0.1) is 0 Å². The van der Waals surface area contributed by atoms with E-state index in [2.05, 4.69) is 17.0 Å². The maximum Gasteiger partial charge on any atom is 0.261 e. The van der Waals surface area contributed by atoms with E-state index in [9.17, 15) is 4.79 Å². The van der Waals surface area contributed by atoms with Gasteiger partial charge in [-0.25, -0.2) is 4.98 Å². The molecule has 25 heavy (non-hydrogen) atoms. The number of fused-ring (bicyclic) bond motifs is 2. The molecule has 0 bridgehead atoms. The van der Waals surface area contributed by atoms with E-state index in [4.69, 9.17) is 9.72 Å². The number of nitrogens with zero attached hydrogens (tertiary/aromatic N) is 3. The normalized spacial score (nSPS) is 16.0. The van der Waals surface area contributed by atoms with E-state index >= 15 is 0 Å². The van der Waals surface area contributed by atoms with Gasteiger partial charge in [-0.3, -0.25) is 9.36 Å². The number of benzene rings is 2. The predicted molar refractivity (Wildman–Crippen MR) is 99.8 cm³/mol. The van der Waals surface area contributed by atoms with Crippen LogP contribution in [-0.4, -0.2) is 30.8 Å². The van der Waals surface area contributed by atoms with Gasteiger partial charge in [-0.1, -0.05) is 24.3 Å². The summed E-state index contributed by atoms with van der Waals surface area (Å²) in [6, 6.07) is 13.8. The first-order valence-electron chi connectivity index (χ1n) is 8.45. The van der Waals surface area contributed by atoms with E-state index in [-0.39, 0.29) is 11.5 Å². The quantitative estimate of drug-likeness (QED) is 0.738. The Labute approximate surface area is 146 Å². The lowest BCUT2D eigenvalue weighted by Crippen LogP contribution is -2.22. The van der Waals surface area contributed by atoms with Crippen LogP contribution in [0.15, 0.2) is 47.3 Å². The first kappa shape index (κ1) is 15.7. The first-order valence-corrected chi connectivity index (χ1v) is 8.45. The summed E-state index contributed by atoms with van der Waals surface area (Å²) < 4.78 is 7.24. The summed E-state index contributed by atoms with van der Waals surface area (Å²) in [5, 5.41) is 0.615. The minimum Gasteiger partial charge on any atom is -0.494 e. The van der Waals surface area contributed by atoms with Gasteiger partial charge in [0.25, 0.3) is 5.56 Å².